The summed E-state index contributed by atoms with van der Waals surface area (Å²) in [5, 5.41) is 7.00. The van der Waals surface area contributed by atoms with E-state index in [1.54, 1.807) is 23.9 Å². The van der Waals surface area contributed by atoms with Crippen LogP contribution in [0, 0.1) is 5.82 Å². The first-order valence-electron chi connectivity index (χ1n) is 6.95. The normalized spacial score (nSPS) is 13.1. The minimum atomic E-state index is -0.183. The molecular formula is C15H24FN3S. The van der Waals surface area contributed by atoms with Gasteiger partial charge in [-0.05, 0) is 37.3 Å². The van der Waals surface area contributed by atoms with Gasteiger partial charge in [0.05, 0.1) is 6.54 Å². The Bertz CT molecular complexity index is 423. The highest BCUT2D eigenvalue weighted by atomic mass is 32.2. The predicted octanol–water partition coefficient (Wildman–Crippen LogP) is 2.67. The third-order valence-corrected chi connectivity index (χ3v) is 3.80. The Balaban J connectivity index is 2.42. The van der Waals surface area contributed by atoms with E-state index in [1.807, 2.05) is 13.0 Å². The average Bonchev–Trinajstić information content (AvgIpc) is 2.44. The van der Waals surface area contributed by atoms with Crippen LogP contribution in [0.1, 0.15) is 19.4 Å². The summed E-state index contributed by atoms with van der Waals surface area (Å²) in [7, 11) is 0. The van der Waals surface area contributed by atoms with Gasteiger partial charge in [0.25, 0.3) is 0 Å². The number of guanidine groups is 1. The smallest absolute Gasteiger partial charge is 0.191 e. The summed E-state index contributed by atoms with van der Waals surface area (Å²) in [6.07, 6.45) is 2.87. The number of nitrogens with one attached hydrogen (secondary N) is 2. The van der Waals surface area contributed by atoms with Gasteiger partial charge in [0, 0.05) is 18.3 Å². The molecule has 0 saturated carbocycles. The number of hydrogen-bond donors (Lipinski definition) is 2. The molecule has 2 N–H and O–H groups in total. The molecule has 5 heteroatoms. The van der Waals surface area contributed by atoms with Crippen molar-refractivity contribution in [1.29, 1.82) is 0 Å². The monoisotopic (exact) mass is 297 g/mol. The molecule has 0 amide bonds. The lowest BCUT2D eigenvalue weighted by Crippen LogP contribution is -2.38. The van der Waals surface area contributed by atoms with Gasteiger partial charge in [-0.15, -0.1) is 0 Å². The topological polar surface area (TPSA) is 36.4 Å². The molecule has 0 aromatic heterocycles. The number of nitrogens with zero attached hydrogens (tertiary/aromatic N) is 1. The first-order chi connectivity index (χ1) is 9.65. The van der Waals surface area contributed by atoms with E-state index in [4.69, 9.17) is 0 Å². The van der Waals surface area contributed by atoms with Crippen LogP contribution in [0.15, 0.2) is 29.3 Å². The number of aliphatic imine (C=N–C) groups is 1. The van der Waals surface area contributed by atoms with Crippen LogP contribution in [0.3, 0.4) is 0 Å². The van der Waals surface area contributed by atoms with E-state index in [2.05, 4.69) is 28.8 Å². The van der Waals surface area contributed by atoms with Crippen LogP contribution in [-0.4, -0.2) is 37.1 Å². The maximum absolute atomic E-state index is 13.1. The fourth-order valence-corrected chi connectivity index (χ4v) is 1.88. The molecule has 1 atom stereocenters. The van der Waals surface area contributed by atoms with Gasteiger partial charge >= 0.3 is 0 Å². The fourth-order valence-electron chi connectivity index (χ4n) is 1.65. The average molecular weight is 297 g/mol. The Hall–Kier alpha value is -1.23. The summed E-state index contributed by atoms with van der Waals surface area (Å²) in [5.74, 6) is 0.640. The van der Waals surface area contributed by atoms with E-state index < -0.39 is 0 Å². The van der Waals surface area contributed by atoms with Gasteiger partial charge in [0.15, 0.2) is 5.96 Å². The van der Waals surface area contributed by atoms with Crippen molar-refractivity contribution < 1.29 is 4.39 Å². The highest BCUT2D eigenvalue weighted by Crippen LogP contribution is 2.05. The van der Waals surface area contributed by atoms with Gasteiger partial charge in [-0.25, -0.2) is 4.39 Å². The summed E-state index contributed by atoms with van der Waals surface area (Å²) in [6.45, 7) is 6.56. The van der Waals surface area contributed by atoms with Gasteiger partial charge in [-0.3, -0.25) is 4.99 Å². The minimum absolute atomic E-state index is 0.183. The number of halogens is 1. The molecule has 1 aromatic rings. The molecule has 0 aliphatic carbocycles. The minimum Gasteiger partial charge on any atom is -0.357 e. The third kappa shape index (κ3) is 6.80. The van der Waals surface area contributed by atoms with Gasteiger partial charge in [-0.1, -0.05) is 19.1 Å². The molecule has 0 radical (unpaired) electrons. The van der Waals surface area contributed by atoms with Gasteiger partial charge in [-0.2, -0.15) is 11.8 Å². The van der Waals surface area contributed by atoms with Crippen molar-refractivity contribution in [3.63, 3.8) is 0 Å². The summed E-state index contributed by atoms with van der Waals surface area (Å²) < 4.78 is 13.1. The molecule has 1 unspecified atom stereocenters. The quantitative estimate of drug-likeness (QED) is 0.600. The second kappa shape index (κ2) is 9.64. The van der Waals surface area contributed by atoms with Crippen LogP contribution in [0.5, 0.6) is 0 Å². The van der Waals surface area contributed by atoms with Crippen LogP contribution < -0.4 is 10.6 Å². The molecule has 0 aliphatic rings. The summed E-state index contributed by atoms with van der Waals surface area (Å²) in [6, 6.07) is 6.71. The first kappa shape index (κ1) is 16.8. The summed E-state index contributed by atoms with van der Waals surface area (Å²) in [4.78, 5) is 4.53. The molecule has 1 rings (SSSR count). The lowest BCUT2D eigenvalue weighted by molar-refractivity contribution is 0.625. The fraction of sp³-hybridized carbons (Fsp3) is 0.533. The van der Waals surface area contributed by atoms with Crippen molar-refractivity contribution in [3.8, 4) is 0 Å². The Kier molecular flexibility index (Phi) is 8.11. The van der Waals surface area contributed by atoms with E-state index >= 15 is 0 Å². The third-order valence-electron chi connectivity index (χ3n) is 2.85. The van der Waals surface area contributed by atoms with Crippen molar-refractivity contribution >= 4 is 17.7 Å². The zero-order valence-electron chi connectivity index (χ0n) is 12.4. The molecule has 0 heterocycles. The number of rotatable bonds is 7. The maximum atomic E-state index is 13.1. The maximum Gasteiger partial charge on any atom is 0.191 e. The molecule has 1 aromatic carbocycles. The molecule has 112 valence electrons. The van der Waals surface area contributed by atoms with Crippen LogP contribution >= 0.6 is 11.8 Å². The molecule has 0 aliphatic heterocycles. The largest absolute Gasteiger partial charge is 0.357 e. The number of thioether (sulfide) groups is 1. The molecule has 3 nitrogen and oxygen atoms in total. The van der Waals surface area contributed by atoms with Gasteiger partial charge in [0.2, 0.25) is 0 Å². The van der Waals surface area contributed by atoms with Gasteiger partial charge in [0.1, 0.15) is 5.82 Å². The highest BCUT2D eigenvalue weighted by Gasteiger charge is 2.01. The Morgan fingerprint density at radius 2 is 2.20 bits per heavy atom. The predicted molar refractivity (Wildman–Crippen MR) is 87.1 cm³/mol. The van der Waals surface area contributed by atoms with Crippen molar-refractivity contribution in [2.45, 2.75) is 25.5 Å². The van der Waals surface area contributed by atoms with Crippen LogP contribution in [-0.2, 0) is 6.42 Å². The Morgan fingerprint density at radius 1 is 1.40 bits per heavy atom. The Labute approximate surface area is 125 Å². The molecular weight excluding hydrogens is 273 g/mol. The summed E-state index contributed by atoms with van der Waals surface area (Å²) >= 11 is 1.80. The van der Waals surface area contributed by atoms with Crippen LogP contribution in [0.2, 0.25) is 0 Å². The Morgan fingerprint density at radius 3 is 2.85 bits per heavy atom. The van der Waals surface area contributed by atoms with E-state index in [9.17, 15) is 4.39 Å². The summed E-state index contributed by atoms with van der Waals surface area (Å²) in [5.41, 5.74) is 0.992. The second-order valence-corrected chi connectivity index (χ2v) is 5.85. The SMILES string of the molecule is CCNC(=NCC(C)SC)NCCc1cccc(F)c1. The standard InChI is InChI=1S/C15H24FN3S/c1-4-17-15(19-11-12(2)20-3)18-9-8-13-6-5-7-14(16)10-13/h5-7,10,12H,4,8-9,11H2,1-3H3,(H2,17,18,19). The molecule has 0 saturated heterocycles. The number of hydrogen-bond acceptors (Lipinski definition) is 2. The highest BCUT2D eigenvalue weighted by molar-refractivity contribution is 7.99. The zero-order valence-corrected chi connectivity index (χ0v) is 13.3. The molecule has 20 heavy (non-hydrogen) atoms. The van der Waals surface area contributed by atoms with Crippen molar-refractivity contribution in [2.24, 2.45) is 4.99 Å². The van der Waals surface area contributed by atoms with Crippen molar-refractivity contribution in [1.82, 2.24) is 10.6 Å². The van der Waals surface area contributed by atoms with Crippen LogP contribution in [0.4, 0.5) is 4.39 Å². The van der Waals surface area contributed by atoms with E-state index in [0.29, 0.717) is 5.25 Å². The molecule has 0 fully saturated rings. The van der Waals surface area contributed by atoms with Crippen molar-refractivity contribution in [2.75, 3.05) is 25.9 Å². The first-order valence-corrected chi connectivity index (χ1v) is 8.24. The van der Waals surface area contributed by atoms with Gasteiger partial charge < -0.3 is 10.6 Å². The number of benzene rings is 1. The molecule has 0 spiro atoms. The molecule has 0 bridgehead atoms. The zero-order chi connectivity index (χ0) is 14.8. The van der Waals surface area contributed by atoms with E-state index in [1.165, 1.54) is 6.07 Å². The van der Waals surface area contributed by atoms with E-state index in [0.717, 1.165) is 37.6 Å². The van der Waals surface area contributed by atoms with Crippen molar-refractivity contribution in [3.05, 3.63) is 35.6 Å². The van der Waals surface area contributed by atoms with Crippen LogP contribution in [0.25, 0.3) is 0 Å². The second-order valence-electron chi connectivity index (χ2n) is 4.57. The van der Waals surface area contributed by atoms with E-state index in [-0.39, 0.29) is 5.82 Å². The lowest BCUT2D eigenvalue weighted by Gasteiger charge is -2.12. The lowest BCUT2D eigenvalue weighted by atomic mass is 10.1.